The Morgan fingerprint density at radius 3 is 2.67 bits per heavy atom. The van der Waals surface area contributed by atoms with Crippen LogP contribution < -0.4 is 16.0 Å². The second-order valence-electron chi connectivity index (χ2n) is 6.57. The number of aromatic nitrogens is 2. The third-order valence-electron chi connectivity index (χ3n) is 3.75. The van der Waals surface area contributed by atoms with Crippen molar-refractivity contribution < 1.29 is 9.59 Å². The molecule has 3 amide bonds. The molecule has 27 heavy (non-hydrogen) atoms. The minimum Gasteiger partial charge on any atom is -0.338 e. The average molecular weight is 408 g/mol. The number of amides is 3. The highest BCUT2D eigenvalue weighted by Crippen LogP contribution is 2.28. The van der Waals surface area contributed by atoms with Crippen LogP contribution in [0.5, 0.6) is 0 Å². The van der Waals surface area contributed by atoms with E-state index in [1.54, 1.807) is 0 Å². The number of benzene rings is 1. The van der Waals surface area contributed by atoms with E-state index in [4.69, 9.17) is 0 Å². The van der Waals surface area contributed by atoms with Gasteiger partial charge in [-0.2, -0.15) is 0 Å². The molecule has 0 aliphatic rings. The predicted molar refractivity (Wildman–Crippen MR) is 111 cm³/mol. The van der Waals surface area contributed by atoms with E-state index in [9.17, 15) is 9.59 Å². The van der Waals surface area contributed by atoms with Crippen LogP contribution in [0.15, 0.2) is 22.5 Å². The number of hydrogen-bond acceptors (Lipinski definition) is 7. The number of anilines is 2. The minimum absolute atomic E-state index is 0.107. The number of urea groups is 1. The SMILES string of the molecule is Cc1ccc(Nc2nnc(SCC(=O)NC(=O)NCCC(C)C)s2)cc1C. The molecule has 0 bridgehead atoms. The van der Waals surface area contributed by atoms with Gasteiger partial charge in [-0.25, -0.2) is 4.79 Å². The molecule has 2 aromatic rings. The Morgan fingerprint density at radius 1 is 1.19 bits per heavy atom. The number of thioether (sulfide) groups is 1. The number of aryl methyl sites for hydroxylation is 2. The van der Waals surface area contributed by atoms with E-state index in [0.717, 1.165) is 12.1 Å². The molecule has 2 rings (SSSR count). The first kappa shape index (κ1) is 21.2. The Kier molecular flexibility index (Phi) is 8.05. The fraction of sp³-hybridized carbons (Fsp3) is 0.444. The van der Waals surface area contributed by atoms with Gasteiger partial charge < -0.3 is 10.6 Å². The molecule has 7 nitrogen and oxygen atoms in total. The standard InChI is InChI=1S/C18H25N5O2S2/c1-11(2)7-8-19-16(25)21-15(24)10-26-18-23-22-17(27-18)20-14-6-5-12(3)13(4)9-14/h5-6,9,11H,7-8,10H2,1-4H3,(H,20,22)(H2,19,21,24,25). The first-order chi connectivity index (χ1) is 12.8. The number of carbonyl (C=O) groups is 2. The van der Waals surface area contributed by atoms with Crippen molar-refractivity contribution in [3.63, 3.8) is 0 Å². The number of rotatable bonds is 8. The summed E-state index contributed by atoms with van der Waals surface area (Å²) in [5, 5.41) is 17.0. The van der Waals surface area contributed by atoms with Gasteiger partial charge in [0.05, 0.1) is 5.75 Å². The van der Waals surface area contributed by atoms with Crippen molar-refractivity contribution in [1.29, 1.82) is 0 Å². The van der Waals surface area contributed by atoms with E-state index >= 15 is 0 Å². The van der Waals surface area contributed by atoms with Crippen LogP contribution in [-0.4, -0.2) is 34.4 Å². The summed E-state index contributed by atoms with van der Waals surface area (Å²) in [5.74, 6) is 0.247. The van der Waals surface area contributed by atoms with Crippen LogP contribution in [0.3, 0.4) is 0 Å². The van der Waals surface area contributed by atoms with E-state index < -0.39 is 6.03 Å². The molecule has 3 N–H and O–H groups in total. The lowest BCUT2D eigenvalue weighted by molar-refractivity contribution is -0.117. The molecule has 1 aromatic heterocycles. The fourth-order valence-corrected chi connectivity index (χ4v) is 3.64. The van der Waals surface area contributed by atoms with E-state index in [2.05, 4.69) is 59.9 Å². The number of nitrogens with zero attached hydrogens (tertiary/aromatic N) is 2. The normalized spacial score (nSPS) is 10.7. The van der Waals surface area contributed by atoms with E-state index in [1.807, 2.05) is 12.1 Å². The molecule has 0 saturated carbocycles. The molecule has 0 unspecified atom stereocenters. The maximum Gasteiger partial charge on any atom is 0.321 e. The highest BCUT2D eigenvalue weighted by molar-refractivity contribution is 8.01. The van der Waals surface area contributed by atoms with Gasteiger partial charge in [-0.3, -0.25) is 10.1 Å². The predicted octanol–water partition coefficient (Wildman–Crippen LogP) is 3.86. The van der Waals surface area contributed by atoms with Gasteiger partial charge in [0.15, 0.2) is 4.34 Å². The summed E-state index contributed by atoms with van der Waals surface area (Å²) >= 11 is 2.61. The maximum atomic E-state index is 11.8. The minimum atomic E-state index is -0.462. The second-order valence-corrected chi connectivity index (χ2v) is 8.77. The Hall–Kier alpha value is -2.13. The van der Waals surface area contributed by atoms with Crippen molar-refractivity contribution in [2.45, 2.75) is 38.5 Å². The Morgan fingerprint density at radius 2 is 1.96 bits per heavy atom. The molecule has 9 heteroatoms. The Bertz CT molecular complexity index is 792. The summed E-state index contributed by atoms with van der Waals surface area (Å²) in [6.45, 7) is 8.82. The Balaban J connectivity index is 1.76. The zero-order valence-corrected chi connectivity index (χ0v) is 17.6. The van der Waals surface area contributed by atoms with Crippen LogP contribution in [0.2, 0.25) is 0 Å². The lowest BCUT2D eigenvalue weighted by Gasteiger charge is -2.07. The van der Waals surface area contributed by atoms with Crippen molar-refractivity contribution >= 4 is 45.9 Å². The van der Waals surface area contributed by atoms with E-state index in [-0.39, 0.29) is 11.7 Å². The van der Waals surface area contributed by atoms with Gasteiger partial charge in [-0.05, 0) is 49.4 Å². The molecule has 0 aliphatic heterocycles. The first-order valence-corrected chi connectivity index (χ1v) is 10.5. The third kappa shape index (κ3) is 7.56. The average Bonchev–Trinajstić information content (AvgIpc) is 3.03. The van der Waals surface area contributed by atoms with Crippen molar-refractivity contribution in [3.05, 3.63) is 29.3 Å². The molecule has 1 aromatic carbocycles. The van der Waals surface area contributed by atoms with Gasteiger partial charge in [0.25, 0.3) is 0 Å². The summed E-state index contributed by atoms with van der Waals surface area (Å²) in [5.41, 5.74) is 3.37. The number of carbonyl (C=O) groups excluding carboxylic acids is 2. The first-order valence-electron chi connectivity index (χ1n) is 8.71. The zero-order valence-electron chi connectivity index (χ0n) is 16.0. The van der Waals surface area contributed by atoms with E-state index in [0.29, 0.717) is 21.9 Å². The fourth-order valence-electron chi connectivity index (χ4n) is 2.07. The summed E-state index contributed by atoms with van der Waals surface area (Å²) in [4.78, 5) is 23.5. The molecular weight excluding hydrogens is 382 g/mol. The zero-order chi connectivity index (χ0) is 19.8. The molecule has 0 aliphatic carbocycles. The van der Waals surface area contributed by atoms with Crippen LogP contribution >= 0.6 is 23.1 Å². The second kappa shape index (κ2) is 10.3. The van der Waals surface area contributed by atoms with Crippen LogP contribution in [0.25, 0.3) is 0 Å². The van der Waals surface area contributed by atoms with Gasteiger partial charge in [0.1, 0.15) is 0 Å². The van der Waals surface area contributed by atoms with Crippen molar-refractivity contribution in [2.24, 2.45) is 5.92 Å². The number of imide groups is 1. The molecular formula is C18H25N5O2S2. The molecule has 0 radical (unpaired) electrons. The topological polar surface area (TPSA) is 96.0 Å². The van der Waals surface area contributed by atoms with Gasteiger partial charge in [-0.15, -0.1) is 10.2 Å². The summed E-state index contributed by atoms with van der Waals surface area (Å²) in [6.07, 6.45) is 0.872. The van der Waals surface area contributed by atoms with Crippen LogP contribution in [0.1, 0.15) is 31.4 Å². The number of nitrogens with one attached hydrogen (secondary N) is 3. The molecule has 1 heterocycles. The quantitative estimate of drug-likeness (QED) is 0.575. The lowest BCUT2D eigenvalue weighted by atomic mass is 10.1. The van der Waals surface area contributed by atoms with Crippen LogP contribution in [0.4, 0.5) is 15.6 Å². The van der Waals surface area contributed by atoms with Gasteiger partial charge in [0.2, 0.25) is 11.0 Å². The monoisotopic (exact) mass is 407 g/mol. The van der Waals surface area contributed by atoms with Crippen molar-refractivity contribution in [1.82, 2.24) is 20.8 Å². The molecule has 0 fully saturated rings. The highest BCUT2D eigenvalue weighted by Gasteiger charge is 2.11. The molecule has 0 spiro atoms. The maximum absolute atomic E-state index is 11.8. The van der Waals surface area contributed by atoms with E-state index in [1.165, 1.54) is 34.2 Å². The van der Waals surface area contributed by atoms with Gasteiger partial charge in [0, 0.05) is 12.2 Å². The summed E-state index contributed by atoms with van der Waals surface area (Å²) in [6, 6.07) is 5.62. The molecule has 146 valence electrons. The van der Waals surface area contributed by atoms with Gasteiger partial charge >= 0.3 is 6.03 Å². The molecule has 0 saturated heterocycles. The smallest absolute Gasteiger partial charge is 0.321 e. The number of hydrogen-bond donors (Lipinski definition) is 3. The van der Waals surface area contributed by atoms with Crippen LogP contribution in [0, 0.1) is 19.8 Å². The van der Waals surface area contributed by atoms with Crippen molar-refractivity contribution in [3.8, 4) is 0 Å². The third-order valence-corrected chi connectivity index (χ3v) is 5.72. The lowest BCUT2D eigenvalue weighted by Crippen LogP contribution is -2.40. The summed E-state index contributed by atoms with van der Waals surface area (Å²) < 4.78 is 0.664. The highest BCUT2D eigenvalue weighted by atomic mass is 32.2. The Labute approximate surface area is 167 Å². The van der Waals surface area contributed by atoms with Crippen molar-refractivity contribution in [2.75, 3.05) is 17.6 Å². The van der Waals surface area contributed by atoms with Crippen LogP contribution in [-0.2, 0) is 4.79 Å². The molecule has 0 atom stereocenters. The van der Waals surface area contributed by atoms with Gasteiger partial charge in [-0.1, -0.05) is 43.0 Å². The largest absolute Gasteiger partial charge is 0.338 e. The summed E-state index contributed by atoms with van der Waals surface area (Å²) in [7, 11) is 0.